The summed E-state index contributed by atoms with van der Waals surface area (Å²) in [6.07, 6.45) is 6.27. The Morgan fingerprint density at radius 3 is 2.56 bits per heavy atom. The average Bonchev–Trinajstić information content (AvgIpc) is 3.34. The van der Waals surface area contributed by atoms with Crippen LogP contribution in [-0.4, -0.2) is 89.1 Å². The number of ether oxygens (including phenoxy) is 1. The largest absolute Gasteiger partial charge is 0.444 e. The molecule has 0 radical (unpaired) electrons. The third kappa shape index (κ3) is 5.03. The Hall–Kier alpha value is -4.32. The van der Waals surface area contributed by atoms with Gasteiger partial charge in [0, 0.05) is 73.9 Å². The Balaban J connectivity index is 1.17. The molecular formula is C32H36N6O3. The monoisotopic (exact) mass is 552 g/mol. The van der Waals surface area contributed by atoms with E-state index in [1.54, 1.807) is 11.1 Å². The van der Waals surface area contributed by atoms with Crippen LogP contribution < -0.4 is 4.90 Å². The first-order chi connectivity index (χ1) is 19.6. The summed E-state index contributed by atoms with van der Waals surface area (Å²) < 4.78 is 5.49. The molecule has 4 heterocycles. The number of amides is 2. The van der Waals surface area contributed by atoms with Gasteiger partial charge >= 0.3 is 6.09 Å². The lowest BCUT2D eigenvalue weighted by Crippen LogP contribution is -2.51. The first-order valence-electron chi connectivity index (χ1n) is 14.3. The van der Waals surface area contributed by atoms with Gasteiger partial charge in [0.25, 0.3) is 5.91 Å². The van der Waals surface area contributed by atoms with Gasteiger partial charge in [-0.1, -0.05) is 6.08 Å². The molecule has 9 heteroatoms. The highest BCUT2D eigenvalue weighted by atomic mass is 16.6. The molecule has 1 atom stereocenters. The zero-order valence-corrected chi connectivity index (χ0v) is 24.2. The van der Waals surface area contributed by atoms with Crippen molar-refractivity contribution in [1.82, 2.24) is 19.7 Å². The van der Waals surface area contributed by atoms with Crippen LogP contribution in [0.5, 0.6) is 0 Å². The highest BCUT2D eigenvalue weighted by molar-refractivity contribution is 5.97. The molecule has 0 unspecified atom stereocenters. The van der Waals surface area contributed by atoms with Crippen LogP contribution in [0.1, 0.15) is 39.7 Å². The predicted octanol–water partition coefficient (Wildman–Crippen LogP) is 4.22. The SMILES string of the molecule is C[C@@H]1CN(c2ccc(C#N)c3ncccc23)CC2=C3CC=C(C(=O)N4CCN(C(=O)OC(C)(C)C)CC4)C=C3CN21. The third-order valence-electron chi connectivity index (χ3n) is 8.31. The molecular weight excluding hydrogens is 516 g/mol. The first kappa shape index (κ1) is 26.9. The summed E-state index contributed by atoms with van der Waals surface area (Å²) >= 11 is 0. The number of pyridine rings is 1. The molecule has 0 saturated carbocycles. The van der Waals surface area contributed by atoms with E-state index in [2.05, 4.69) is 39.9 Å². The van der Waals surface area contributed by atoms with E-state index in [1.165, 1.54) is 16.8 Å². The van der Waals surface area contributed by atoms with Gasteiger partial charge in [0.15, 0.2) is 0 Å². The van der Waals surface area contributed by atoms with Gasteiger partial charge in [-0.25, -0.2) is 4.79 Å². The summed E-state index contributed by atoms with van der Waals surface area (Å²) in [5.74, 6) is 0.0292. The number of fused-ring (bicyclic) bond motifs is 3. The topological polar surface area (TPSA) is 93.0 Å². The van der Waals surface area contributed by atoms with Crippen molar-refractivity contribution in [1.29, 1.82) is 5.26 Å². The molecule has 4 aliphatic rings. The number of hydrogen-bond donors (Lipinski definition) is 0. The molecule has 6 rings (SSSR count). The molecule has 1 aliphatic carbocycles. The normalized spacial score (nSPS) is 20.8. The molecule has 0 N–H and O–H groups in total. The van der Waals surface area contributed by atoms with Gasteiger partial charge in [0.2, 0.25) is 0 Å². The number of allylic oxidation sites excluding steroid dienone is 1. The fourth-order valence-electron chi connectivity index (χ4n) is 6.30. The number of aromatic nitrogens is 1. The standard InChI is InChI=1S/C32H36N6O3/c1-21-18-37(27-10-8-23(17-33)29-26(27)6-5-11-34-29)20-28-25-9-7-22(16-24(25)19-38(21)28)30(39)35-12-14-36(15-13-35)31(40)41-32(2,3)4/h5-8,10-11,16,21H,9,12-15,18-20H2,1-4H3/t21-/m1/s1. The fourth-order valence-corrected chi connectivity index (χ4v) is 6.30. The molecule has 2 aromatic rings. The van der Waals surface area contributed by atoms with Crippen LogP contribution in [0.2, 0.25) is 0 Å². The van der Waals surface area contributed by atoms with Crippen molar-refractivity contribution >= 4 is 28.6 Å². The van der Waals surface area contributed by atoms with Crippen LogP contribution in [0.4, 0.5) is 10.5 Å². The molecule has 9 nitrogen and oxygen atoms in total. The van der Waals surface area contributed by atoms with E-state index in [1.807, 2.05) is 49.9 Å². The minimum Gasteiger partial charge on any atom is -0.444 e. The molecule has 0 spiro atoms. The zero-order chi connectivity index (χ0) is 28.9. The van der Waals surface area contributed by atoms with Crippen LogP contribution in [0, 0.1) is 11.3 Å². The van der Waals surface area contributed by atoms with E-state index in [4.69, 9.17) is 4.74 Å². The smallest absolute Gasteiger partial charge is 0.410 e. The lowest BCUT2D eigenvalue weighted by molar-refractivity contribution is -0.128. The Morgan fingerprint density at radius 1 is 1.07 bits per heavy atom. The van der Waals surface area contributed by atoms with Crippen LogP contribution >= 0.6 is 0 Å². The van der Waals surface area contributed by atoms with Gasteiger partial charge in [-0.3, -0.25) is 9.78 Å². The second-order valence-electron chi connectivity index (χ2n) is 12.2. The number of hydrogen-bond acceptors (Lipinski definition) is 7. The Labute approximate surface area is 241 Å². The second kappa shape index (κ2) is 10.3. The van der Waals surface area contributed by atoms with Crippen LogP contribution in [0.15, 0.2) is 65.0 Å². The van der Waals surface area contributed by atoms with Crippen molar-refractivity contribution < 1.29 is 14.3 Å². The van der Waals surface area contributed by atoms with Crippen LogP contribution in [0.3, 0.4) is 0 Å². The number of piperazine rings is 2. The predicted molar refractivity (Wildman–Crippen MR) is 157 cm³/mol. The minimum absolute atomic E-state index is 0.0292. The second-order valence-corrected chi connectivity index (χ2v) is 12.2. The molecule has 41 heavy (non-hydrogen) atoms. The lowest BCUT2D eigenvalue weighted by Gasteiger charge is -2.42. The van der Waals surface area contributed by atoms with Crippen molar-refractivity contribution in [3.63, 3.8) is 0 Å². The van der Waals surface area contributed by atoms with E-state index in [9.17, 15) is 14.9 Å². The van der Waals surface area contributed by atoms with E-state index in [0.717, 1.165) is 48.2 Å². The summed E-state index contributed by atoms with van der Waals surface area (Å²) in [5, 5.41) is 10.6. The van der Waals surface area contributed by atoms with E-state index in [-0.39, 0.29) is 12.0 Å². The summed E-state index contributed by atoms with van der Waals surface area (Å²) in [6, 6.07) is 10.4. The number of nitriles is 1. The van der Waals surface area contributed by atoms with Crippen molar-refractivity contribution in [3.8, 4) is 6.07 Å². The van der Waals surface area contributed by atoms with Gasteiger partial charge in [0.1, 0.15) is 11.7 Å². The summed E-state index contributed by atoms with van der Waals surface area (Å²) in [6.45, 7) is 12.2. The maximum atomic E-state index is 13.5. The highest BCUT2D eigenvalue weighted by Gasteiger charge is 2.37. The number of rotatable bonds is 2. The molecule has 3 aliphatic heterocycles. The molecule has 2 saturated heterocycles. The number of nitrogens with zero attached hydrogens (tertiary/aromatic N) is 6. The van der Waals surface area contributed by atoms with Gasteiger partial charge in [-0.2, -0.15) is 5.26 Å². The van der Waals surface area contributed by atoms with Gasteiger partial charge < -0.3 is 24.3 Å². The maximum absolute atomic E-state index is 13.5. The molecule has 2 fully saturated rings. The average molecular weight is 553 g/mol. The van der Waals surface area contributed by atoms with E-state index in [0.29, 0.717) is 37.8 Å². The number of anilines is 1. The van der Waals surface area contributed by atoms with Gasteiger partial charge in [-0.15, -0.1) is 0 Å². The minimum atomic E-state index is -0.536. The van der Waals surface area contributed by atoms with Crippen molar-refractivity contribution in [2.24, 2.45) is 0 Å². The summed E-state index contributed by atoms with van der Waals surface area (Å²) in [4.78, 5) is 38.8. The molecule has 212 valence electrons. The number of carbonyl (C=O) groups excluding carboxylic acids is 2. The van der Waals surface area contributed by atoms with E-state index >= 15 is 0 Å². The molecule has 2 amide bonds. The fraction of sp³-hybridized carbons (Fsp3) is 0.438. The quantitative estimate of drug-likeness (QED) is 0.551. The lowest BCUT2D eigenvalue weighted by atomic mass is 9.93. The van der Waals surface area contributed by atoms with Gasteiger partial charge in [0.05, 0.1) is 17.6 Å². The Morgan fingerprint density at radius 2 is 1.83 bits per heavy atom. The molecule has 1 aromatic heterocycles. The van der Waals surface area contributed by atoms with Crippen molar-refractivity contribution in [3.05, 3.63) is 70.6 Å². The van der Waals surface area contributed by atoms with Crippen LogP contribution in [-0.2, 0) is 9.53 Å². The summed E-state index contributed by atoms with van der Waals surface area (Å²) in [7, 11) is 0. The van der Waals surface area contributed by atoms with Crippen LogP contribution in [0.25, 0.3) is 10.9 Å². The third-order valence-corrected chi connectivity index (χ3v) is 8.31. The number of benzene rings is 1. The van der Waals surface area contributed by atoms with Crippen molar-refractivity contribution in [2.45, 2.75) is 45.8 Å². The number of carbonyl (C=O) groups is 2. The molecule has 0 bridgehead atoms. The molecule has 1 aromatic carbocycles. The first-order valence-corrected chi connectivity index (χ1v) is 14.3. The Kier molecular flexibility index (Phi) is 6.72. The zero-order valence-electron chi connectivity index (χ0n) is 24.2. The summed E-state index contributed by atoms with van der Waals surface area (Å²) in [5.41, 5.74) is 6.46. The Bertz CT molecular complexity index is 1550. The van der Waals surface area contributed by atoms with Crippen molar-refractivity contribution in [2.75, 3.05) is 50.7 Å². The van der Waals surface area contributed by atoms with Gasteiger partial charge in [-0.05, 0) is 75.6 Å². The highest BCUT2D eigenvalue weighted by Crippen LogP contribution is 2.40. The van der Waals surface area contributed by atoms with E-state index < -0.39 is 5.60 Å². The maximum Gasteiger partial charge on any atom is 0.410 e.